The van der Waals surface area contributed by atoms with Crippen LogP contribution in [0.2, 0.25) is 0 Å². The summed E-state index contributed by atoms with van der Waals surface area (Å²) < 4.78 is 0. The summed E-state index contributed by atoms with van der Waals surface area (Å²) >= 11 is 1.44. The van der Waals surface area contributed by atoms with E-state index < -0.39 is 0 Å². The van der Waals surface area contributed by atoms with Gasteiger partial charge < -0.3 is 9.88 Å². The zero-order valence-corrected chi connectivity index (χ0v) is 20.4. The summed E-state index contributed by atoms with van der Waals surface area (Å²) in [7, 11) is 2.16. The van der Waals surface area contributed by atoms with Crippen molar-refractivity contribution in [3.05, 3.63) is 83.2 Å². The van der Waals surface area contributed by atoms with Gasteiger partial charge in [0, 0.05) is 71.0 Å². The Morgan fingerprint density at radius 2 is 1.74 bits per heavy atom. The van der Waals surface area contributed by atoms with Crippen LogP contribution in [0, 0.1) is 0 Å². The summed E-state index contributed by atoms with van der Waals surface area (Å²) in [6, 6.07) is 22.6. The van der Waals surface area contributed by atoms with E-state index in [1.54, 1.807) is 0 Å². The molecule has 0 bridgehead atoms. The van der Waals surface area contributed by atoms with Crippen LogP contribution in [0.1, 0.15) is 15.9 Å². The molecule has 0 unspecified atom stereocenters. The van der Waals surface area contributed by atoms with Crippen molar-refractivity contribution in [3.63, 3.8) is 0 Å². The molecule has 6 nitrogen and oxygen atoms in total. The Morgan fingerprint density at radius 3 is 2.57 bits per heavy atom. The number of anilines is 1. The van der Waals surface area contributed by atoms with Crippen LogP contribution in [0.3, 0.4) is 0 Å². The fraction of sp³-hybridized carbons (Fsp3) is 0.214. The predicted molar refractivity (Wildman–Crippen MR) is 144 cm³/mol. The Balaban J connectivity index is 1.13. The number of aromatic amines is 1. The highest BCUT2D eigenvalue weighted by molar-refractivity contribution is 7.14. The van der Waals surface area contributed by atoms with E-state index in [1.165, 1.54) is 27.7 Å². The number of hydrogen-bond acceptors (Lipinski definition) is 5. The number of nitrogens with one attached hydrogen (secondary N) is 2. The first-order valence-corrected chi connectivity index (χ1v) is 12.8. The molecule has 2 aromatic heterocycles. The number of piperazine rings is 1. The van der Waals surface area contributed by atoms with E-state index in [2.05, 4.69) is 80.7 Å². The molecule has 0 saturated carbocycles. The number of benzene rings is 3. The molecule has 6 rings (SSSR count). The number of thiazole rings is 1. The third-order valence-corrected chi connectivity index (χ3v) is 7.50. The Morgan fingerprint density at radius 1 is 0.971 bits per heavy atom. The van der Waals surface area contributed by atoms with Gasteiger partial charge in [-0.15, -0.1) is 11.3 Å². The number of rotatable bonds is 5. The lowest BCUT2D eigenvalue weighted by molar-refractivity contribution is 0.102. The molecule has 35 heavy (non-hydrogen) atoms. The van der Waals surface area contributed by atoms with Crippen molar-refractivity contribution in [1.82, 2.24) is 19.8 Å². The normalized spacial score (nSPS) is 15.1. The third-order valence-electron chi connectivity index (χ3n) is 6.74. The van der Waals surface area contributed by atoms with Gasteiger partial charge in [-0.25, -0.2) is 4.98 Å². The number of fused-ring (bicyclic) bond motifs is 3. The number of amides is 1. The van der Waals surface area contributed by atoms with Crippen molar-refractivity contribution in [2.24, 2.45) is 0 Å². The minimum Gasteiger partial charge on any atom is -0.354 e. The van der Waals surface area contributed by atoms with Crippen molar-refractivity contribution < 1.29 is 4.79 Å². The summed E-state index contributed by atoms with van der Waals surface area (Å²) in [6.45, 7) is 5.29. The fourth-order valence-electron chi connectivity index (χ4n) is 4.67. The molecule has 1 fully saturated rings. The molecule has 5 aromatic rings. The number of hydrogen-bond donors (Lipinski definition) is 2. The van der Waals surface area contributed by atoms with Crippen molar-refractivity contribution >= 4 is 44.2 Å². The second-order valence-corrected chi connectivity index (χ2v) is 10.1. The van der Waals surface area contributed by atoms with E-state index in [-0.39, 0.29) is 5.91 Å². The van der Waals surface area contributed by atoms with Crippen molar-refractivity contribution in [2.75, 3.05) is 38.5 Å². The van der Waals surface area contributed by atoms with Crippen LogP contribution in [-0.4, -0.2) is 58.9 Å². The van der Waals surface area contributed by atoms with Gasteiger partial charge in [0.05, 0.1) is 5.69 Å². The van der Waals surface area contributed by atoms with Crippen LogP contribution in [0.15, 0.2) is 72.1 Å². The monoisotopic (exact) mass is 481 g/mol. The summed E-state index contributed by atoms with van der Waals surface area (Å²) in [5.41, 5.74) is 5.96. The summed E-state index contributed by atoms with van der Waals surface area (Å²) in [5, 5.41) is 7.96. The Labute approximate surface area is 208 Å². The second-order valence-electron chi connectivity index (χ2n) is 9.20. The SMILES string of the molecule is CN1CCN(Cc2ccc(C(=O)Nc3nc(-c4ccc5c(c4)[nH]c4ccccc45)cs3)cc2)CC1. The summed E-state index contributed by atoms with van der Waals surface area (Å²) in [4.78, 5) is 25.8. The summed E-state index contributed by atoms with van der Waals surface area (Å²) in [6.07, 6.45) is 0. The Hall–Kier alpha value is -3.52. The highest BCUT2D eigenvalue weighted by Gasteiger charge is 2.15. The highest BCUT2D eigenvalue weighted by Crippen LogP contribution is 2.31. The molecule has 0 atom stereocenters. The summed E-state index contributed by atoms with van der Waals surface area (Å²) in [5.74, 6) is -0.136. The first-order chi connectivity index (χ1) is 17.1. The van der Waals surface area contributed by atoms with Gasteiger partial charge in [-0.2, -0.15) is 0 Å². The first-order valence-electron chi connectivity index (χ1n) is 11.9. The lowest BCUT2D eigenvalue weighted by Crippen LogP contribution is -2.43. The Kier molecular flexibility index (Phi) is 5.82. The van der Waals surface area contributed by atoms with Crippen LogP contribution in [-0.2, 0) is 6.54 Å². The van der Waals surface area contributed by atoms with Gasteiger partial charge in [0.2, 0.25) is 0 Å². The van der Waals surface area contributed by atoms with Crippen LogP contribution in [0.25, 0.3) is 33.1 Å². The molecule has 176 valence electrons. The molecular formula is C28H27N5OS. The first kappa shape index (κ1) is 22.0. The van der Waals surface area contributed by atoms with Crippen LogP contribution in [0.5, 0.6) is 0 Å². The zero-order valence-electron chi connectivity index (χ0n) is 19.6. The molecule has 7 heteroatoms. The van der Waals surface area contributed by atoms with E-state index >= 15 is 0 Å². The molecule has 0 spiro atoms. The number of nitrogens with zero attached hydrogens (tertiary/aromatic N) is 3. The lowest BCUT2D eigenvalue weighted by Gasteiger charge is -2.32. The van der Waals surface area contributed by atoms with Gasteiger partial charge in [0.25, 0.3) is 5.91 Å². The van der Waals surface area contributed by atoms with Crippen LogP contribution >= 0.6 is 11.3 Å². The smallest absolute Gasteiger partial charge is 0.257 e. The second kappa shape index (κ2) is 9.26. The maximum atomic E-state index is 12.8. The van der Waals surface area contributed by atoms with Gasteiger partial charge >= 0.3 is 0 Å². The van der Waals surface area contributed by atoms with Crippen LogP contribution < -0.4 is 5.32 Å². The molecule has 3 aromatic carbocycles. The molecule has 1 aliphatic heterocycles. The van der Waals surface area contributed by atoms with Crippen LogP contribution in [0.4, 0.5) is 5.13 Å². The quantitative estimate of drug-likeness (QED) is 0.351. The maximum absolute atomic E-state index is 12.8. The molecule has 3 heterocycles. The molecule has 1 aliphatic rings. The van der Waals surface area contributed by atoms with Gasteiger partial charge in [-0.3, -0.25) is 15.0 Å². The fourth-order valence-corrected chi connectivity index (χ4v) is 5.39. The van der Waals surface area contributed by atoms with E-state index in [0.717, 1.165) is 55.0 Å². The molecule has 0 aliphatic carbocycles. The van der Waals surface area contributed by atoms with E-state index in [0.29, 0.717) is 10.7 Å². The largest absolute Gasteiger partial charge is 0.354 e. The number of H-pyrrole nitrogens is 1. The lowest BCUT2D eigenvalue weighted by atomic mass is 10.1. The minimum absolute atomic E-state index is 0.136. The molecule has 2 N–H and O–H groups in total. The van der Waals surface area contributed by atoms with Crippen molar-refractivity contribution in [3.8, 4) is 11.3 Å². The maximum Gasteiger partial charge on any atom is 0.257 e. The average Bonchev–Trinajstić information content (AvgIpc) is 3.50. The van der Waals surface area contributed by atoms with Crippen molar-refractivity contribution in [1.29, 1.82) is 0 Å². The highest BCUT2D eigenvalue weighted by atomic mass is 32.1. The van der Waals surface area contributed by atoms with Crippen molar-refractivity contribution in [2.45, 2.75) is 6.54 Å². The topological polar surface area (TPSA) is 64.3 Å². The Bertz CT molecular complexity index is 1500. The number of carbonyl (C=O) groups excluding carboxylic acids is 1. The number of carbonyl (C=O) groups is 1. The van der Waals surface area contributed by atoms with Gasteiger partial charge in [0.15, 0.2) is 5.13 Å². The molecular weight excluding hydrogens is 454 g/mol. The average molecular weight is 482 g/mol. The van der Waals surface area contributed by atoms with E-state index in [4.69, 9.17) is 0 Å². The van der Waals surface area contributed by atoms with Gasteiger partial charge in [-0.1, -0.05) is 42.5 Å². The molecule has 0 radical (unpaired) electrons. The standard InChI is InChI=1S/C28H27N5OS/c1-32-12-14-33(15-13-32)17-19-6-8-20(9-7-19)27(34)31-28-30-26(18-35-28)21-10-11-23-22-4-2-3-5-24(22)29-25(23)16-21/h2-11,16,18,29H,12-15,17H2,1H3,(H,30,31,34). The zero-order chi connectivity index (χ0) is 23.8. The molecule has 1 saturated heterocycles. The third kappa shape index (κ3) is 4.58. The van der Waals surface area contributed by atoms with E-state index in [9.17, 15) is 4.79 Å². The number of para-hydroxylation sites is 1. The minimum atomic E-state index is -0.136. The molecule has 1 amide bonds. The van der Waals surface area contributed by atoms with Gasteiger partial charge in [0.1, 0.15) is 0 Å². The number of likely N-dealkylation sites (N-methyl/N-ethyl adjacent to an activating group) is 1. The number of aromatic nitrogens is 2. The van der Waals surface area contributed by atoms with Gasteiger partial charge in [-0.05, 0) is 36.9 Å². The predicted octanol–water partition coefficient (Wildman–Crippen LogP) is 5.44. The van der Waals surface area contributed by atoms with E-state index in [1.807, 2.05) is 23.6 Å².